The number of aliphatic hydroxyl groups excluding tert-OH is 2. The molecule has 0 saturated carbocycles. The van der Waals surface area contributed by atoms with Crippen LogP contribution in [0.1, 0.15) is 18.8 Å². The Kier molecular flexibility index (Phi) is 5.90. The summed E-state index contributed by atoms with van der Waals surface area (Å²) in [5.41, 5.74) is 0. The van der Waals surface area contributed by atoms with Crippen molar-refractivity contribution in [1.82, 2.24) is 5.32 Å². The number of furan rings is 1. The van der Waals surface area contributed by atoms with Crippen LogP contribution in [0.25, 0.3) is 0 Å². The van der Waals surface area contributed by atoms with E-state index in [1.807, 2.05) is 13.2 Å². The third kappa shape index (κ3) is 3.83. The Labute approximate surface area is 100 Å². The fourth-order valence-corrected chi connectivity index (χ4v) is 2.10. The second kappa shape index (κ2) is 6.96. The zero-order valence-electron chi connectivity index (χ0n) is 9.59. The van der Waals surface area contributed by atoms with Crippen LogP contribution in [0.3, 0.4) is 0 Å². The van der Waals surface area contributed by atoms with Crippen LogP contribution in [0.15, 0.2) is 22.8 Å². The number of rotatable bonds is 7. The van der Waals surface area contributed by atoms with Crippen molar-refractivity contribution in [3.05, 3.63) is 24.2 Å². The van der Waals surface area contributed by atoms with Gasteiger partial charge in [-0.15, -0.1) is 0 Å². The van der Waals surface area contributed by atoms with E-state index >= 15 is 0 Å². The first-order valence-electron chi connectivity index (χ1n) is 5.27. The highest BCUT2D eigenvalue weighted by atomic mass is 32.2. The smallest absolute Gasteiger partial charge is 0.133 e. The minimum Gasteiger partial charge on any atom is -0.467 e. The molecular weight excluding hydrogens is 226 g/mol. The number of nitrogens with one attached hydrogen (secondary N) is 1. The van der Waals surface area contributed by atoms with Crippen molar-refractivity contribution < 1.29 is 14.6 Å². The largest absolute Gasteiger partial charge is 0.467 e. The van der Waals surface area contributed by atoms with E-state index in [2.05, 4.69) is 5.32 Å². The van der Waals surface area contributed by atoms with Gasteiger partial charge in [-0.05, 0) is 25.3 Å². The molecule has 0 radical (unpaired) electrons. The maximum absolute atomic E-state index is 9.76. The molecule has 1 heterocycles. The summed E-state index contributed by atoms with van der Waals surface area (Å²) in [6.07, 6.45) is 2.86. The Balaban J connectivity index is 2.34. The van der Waals surface area contributed by atoms with E-state index in [4.69, 9.17) is 9.52 Å². The molecule has 1 aromatic heterocycles. The zero-order valence-corrected chi connectivity index (χ0v) is 10.4. The van der Waals surface area contributed by atoms with E-state index in [0.29, 0.717) is 12.3 Å². The Morgan fingerprint density at radius 1 is 1.56 bits per heavy atom. The molecule has 0 aromatic carbocycles. The standard InChI is InChI=1S/C11H19NO3S/c1-8(11(7-13)16-2)12-6-9(14)10-4-3-5-15-10/h3-5,8-9,11-14H,6-7H2,1-2H3. The number of aliphatic hydroxyl groups is 2. The summed E-state index contributed by atoms with van der Waals surface area (Å²) in [6, 6.07) is 3.64. The van der Waals surface area contributed by atoms with Crippen LogP contribution < -0.4 is 5.32 Å². The molecule has 3 atom stereocenters. The van der Waals surface area contributed by atoms with Gasteiger partial charge in [0, 0.05) is 17.8 Å². The molecule has 0 fully saturated rings. The first-order chi connectivity index (χ1) is 7.69. The lowest BCUT2D eigenvalue weighted by atomic mass is 10.2. The molecule has 0 spiro atoms. The fourth-order valence-electron chi connectivity index (χ4n) is 1.45. The van der Waals surface area contributed by atoms with Crippen LogP contribution in [0.4, 0.5) is 0 Å². The molecule has 16 heavy (non-hydrogen) atoms. The van der Waals surface area contributed by atoms with Crippen molar-refractivity contribution in [2.75, 3.05) is 19.4 Å². The van der Waals surface area contributed by atoms with Gasteiger partial charge in [0.05, 0.1) is 12.9 Å². The molecule has 1 rings (SSSR count). The number of thioether (sulfide) groups is 1. The summed E-state index contributed by atoms with van der Waals surface area (Å²) in [7, 11) is 0. The molecule has 0 aliphatic heterocycles. The summed E-state index contributed by atoms with van der Waals surface area (Å²) >= 11 is 1.61. The van der Waals surface area contributed by atoms with Gasteiger partial charge in [0.1, 0.15) is 11.9 Å². The third-order valence-corrected chi connectivity index (χ3v) is 3.71. The average Bonchev–Trinajstić information content (AvgIpc) is 2.81. The van der Waals surface area contributed by atoms with Gasteiger partial charge in [-0.1, -0.05) is 0 Å². The zero-order chi connectivity index (χ0) is 12.0. The molecule has 0 aliphatic carbocycles. The van der Waals surface area contributed by atoms with Crippen molar-refractivity contribution in [2.24, 2.45) is 0 Å². The maximum Gasteiger partial charge on any atom is 0.133 e. The van der Waals surface area contributed by atoms with Gasteiger partial charge in [0.25, 0.3) is 0 Å². The first kappa shape index (κ1) is 13.6. The van der Waals surface area contributed by atoms with Gasteiger partial charge in [0.15, 0.2) is 0 Å². The van der Waals surface area contributed by atoms with Crippen LogP contribution >= 0.6 is 11.8 Å². The molecule has 0 saturated heterocycles. The van der Waals surface area contributed by atoms with Crippen LogP contribution in [0.5, 0.6) is 0 Å². The summed E-state index contributed by atoms with van der Waals surface area (Å²) < 4.78 is 5.10. The Morgan fingerprint density at radius 2 is 2.31 bits per heavy atom. The van der Waals surface area contributed by atoms with Gasteiger partial charge in [-0.3, -0.25) is 0 Å². The first-order valence-corrected chi connectivity index (χ1v) is 6.56. The lowest BCUT2D eigenvalue weighted by molar-refractivity contribution is 0.142. The van der Waals surface area contributed by atoms with E-state index in [0.717, 1.165) is 0 Å². The SMILES string of the molecule is CSC(CO)C(C)NCC(O)c1ccco1. The Bertz CT molecular complexity index is 275. The second-order valence-electron chi connectivity index (χ2n) is 3.68. The molecule has 0 amide bonds. The minimum absolute atomic E-state index is 0.131. The quantitative estimate of drug-likeness (QED) is 0.669. The van der Waals surface area contributed by atoms with Gasteiger partial charge in [-0.2, -0.15) is 11.8 Å². The maximum atomic E-state index is 9.76. The molecule has 0 bridgehead atoms. The number of hydrogen-bond acceptors (Lipinski definition) is 5. The molecule has 0 aliphatic rings. The average molecular weight is 245 g/mol. The molecule has 92 valence electrons. The minimum atomic E-state index is -0.640. The van der Waals surface area contributed by atoms with Crippen molar-refractivity contribution in [2.45, 2.75) is 24.3 Å². The van der Waals surface area contributed by atoms with E-state index in [1.165, 1.54) is 0 Å². The van der Waals surface area contributed by atoms with Crippen LogP contribution in [0, 0.1) is 0 Å². The summed E-state index contributed by atoms with van der Waals surface area (Å²) in [5.74, 6) is 0.560. The van der Waals surface area contributed by atoms with Crippen molar-refractivity contribution in [3.63, 3.8) is 0 Å². The van der Waals surface area contributed by atoms with E-state index in [9.17, 15) is 5.11 Å². The molecular formula is C11H19NO3S. The third-order valence-electron chi connectivity index (χ3n) is 2.55. The molecule has 1 aromatic rings. The highest BCUT2D eigenvalue weighted by molar-refractivity contribution is 7.99. The van der Waals surface area contributed by atoms with Gasteiger partial charge in [-0.25, -0.2) is 0 Å². The normalized spacial score (nSPS) is 17.0. The van der Waals surface area contributed by atoms with Gasteiger partial charge < -0.3 is 19.9 Å². The number of hydrogen-bond donors (Lipinski definition) is 3. The lowest BCUT2D eigenvalue weighted by Gasteiger charge is -2.22. The highest BCUT2D eigenvalue weighted by Gasteiger charge is 2.17. The van der Waals surface area contributed by atoms with E-state index < -0.39 is 6.10 Å². The Hall–Kier alpha value is -0.490. The van der Waals surface area contributed by atoms with Gasteiger partial charge >= 0.3 is 0 Å². The predicted octanol–water partition coefficient (Wildman–Crippen LogP) is 1.02. The molecule has 5 heteroatoms. The predicted molar refractivity (Wildman–Crippen MR) is 65.5 cm³/mol. The highest BCUT2D eigenvalue weighted by Crippen LogP contribution is 2.14. The molecule has 3 N–H and O–H groups in total. The second-order valence-corrected chi connectivity index (χ2v) is 4.76. The van der Waals surface area contributed by atoms with Crippen LogP contribution in [-0.4, -0.2) is 40.9 Å². The van der Waals surface area contributed by atoms with Gasteiger partial charge in [0.2, 0.25) is 0 Å². The van der Waals surface area contributed by atoms with E-state index in [-0.39, 0.29) is 17.9 Å². The van der Waals surface area contributed by atoms with Crippen LogP contribution in [-0.2, 0) is 0 Å². The molecule has 4 nitrogen and oxygen atoms in total. The topological polar surface area (TPSA) is 65.6 Å². The summed E-state index contributed by atoms with van der Waals surface area (Å²) in [5, 5.41) is 22.2. The van der Waals surface area contributed by atoms with Crippen molar-refractivity contribution in [3.8, 4) is 0 Å². The van der Waals surface area contributed by atoms with Crippen molar-refractivity contribution in [1.29, 1.82) is 0 Å². The fraction of sp³-hybridized carbons (Fsp3) is 0.636. The monoisotopic (exact) mass is 245 g/mol. The van der Waals surface area contributed by atoms with Crippen molar-refractivity contribution >= 4 is 11.8 Å². The van der Waals surface area contributed by atoms with Crippen LogP contribution in [0.2, 0.25) is 0 Å². The Morgan fingerprint density at radius 3 is 2.81 bits per heavy atom. The lowest BCUT2D eigenvalue weighted by Crippen LogP contribution is -2.39. The van der Waals surface area contributed by atoms with E-state index in [1.54, 1.807) is 30.2 Å². The summed E-state index contributed by atoms with van der Waals surface area (Å²) in [4.78, 5) is 0. The molecule has 3 unspecified atom stereocenters. The summed E-state index contributed by atoms with van der Waals surface area (Å²) in [6.45, 7) is 2.55.